The zero-order chi connectivity index (χ0) is 10.5. The van der Waals surface area contributed by atoms with Crippen LogP contribution in [0.4, 0.5) is 0 Å². The number of rotatable bonds is 10. The van der Waals surface area contributed by atoms with E-state index in [4.69, 9.17) is 0 Å². The molecule has 0 atom stereocenters. The summed E-state index contributed by atoms with van der Waals surface area (Å²) < 4.78 is 0. The van der Waals surface area contributed by atoms with Crippen molar-refractivity contribution in [2.75, 3.05) is 0 Å². The molecule has 0 heteroatoms. The Kier molecular flexibility index (Phi) is 12.5. The first-order chi connectivity index (χ1) is 6.91. The van der Waals surface area contributed by atoms with Crippen LogP contribution in [0.15, 0.2) is 12.2 Å². The molecule has 0 aliphatic carbocycles. The quantitative estimate of drug-likeness (QED) is 0.328. The highest BCUT2D eigenvalue weighted by atomic mass is 13.9. The van der Waals surface area contributed by atoms with Crippen molar-refractivity contribution in [2.45, 2.75) is 71.1 Å². The summed E-state index contributed by atoms with van der Waals surface area (Å²) in [6, 6.07) is 0. The normalized spacial score (nSPS) is 11.3. The third kappa shape index (κ3) is 11.7. The second-order valence-electron chi connectivity index (χ2n) is 4.02. The Morgan fingerprint density at radius 3 is 1.93 bits per heavy atom. The molecule has 83 valence electrons. The van der Waals surface area contributed by atoms with Crippen LogP contribution in [0, 0.1) is 6.92 Å². The van der Waals surface area contributed by atoms with E-state index in [0.29, 0.717) is 0 Å². The van der Waals surface area contributed by atoms with Crippen LogP contribution in [0.5, 0.6) is 0 Å². The van der Waals surface area contributed by atoms with Crippen molar-refractivity contribution in [1.29, 1.82) is 0 Å². The van der Waals surface area contributed by atoms with Gasteiger partial charge in [0.1, 0.15) is 0 Å². The van der Waals surface area contributed by atoms with Crippen LogP contribution >= 0.6 is 0 Å². The molecule has 0 heterocycles. The SMILES string of the molecule is [CH2]CCCCCC/C=C/CCCCC. The predicted molar refractivity (Wildman–Crippen MR) is 66.3 cm³/mol. The van der Waals surface area contributed by atoms with E-state index >= 15 is 0 Å². The molecular weight excluding hydrogens is 168 g/mol. The van der Waals surface area contributed by atoms with Crippen molar-refractivity contribution in [2.24, 2.45) is 0 Å². The van der Waals surface area contributed by atoms with Gasteiger partial charge in [0, 0.05) is 0 Å². The lowest BCUT2D eigenvalue weighted by molar-refractivity contribution is 0.650. The number of unbranched alkanes of at least 4 members (excludes halogenated alkanes) is 8. The molecule has 0 saturated heterocycles. The largest absolute Gasteiger partial charge is 0.0885 e. The van der Waals surface area contributed by atoms with E-state index in [1.165, 1.54) is 57.8 Å². The number of allylic oxidation sites excluding steroid dienone is 2. The Labute approximate surface area is 90.8 Å². The summed E-state index contributed by atoms with van der Waals surface area (Å²) in [6.07, 6.45) is 17.9. The van der Waals surface area contributed by atoms with Gasteiger partial charge in [0.2, 0.25) is 0 Å². The monoisotopic (exact) mass is 195 g/mol. The third-order valence-corrected chi connectivity index (χ3v) is 2.51. The fraction of sp³-hybridized carbons (Fsp3) is 0.786. The van der Waals surface area contributed by atoms with Crippen molar-refractivity contribution < 1.29 is 0 Å². The molecule has 0 aromatic rings. The number of hydrogen-bond donors (Lipinski definition) is 0. The molecule has 0 amide bonds. The smallest absolute Gasteiger partial charge is 0.0351 e. The van der Waals surface area contributed by atoms with Gasteiger partial charge in [-0.1, -0.05) is 64.5 Å². The van der Waals surface area contributed by atoms with E-state index in [0.717, 1.165) is 6.42 Å². The van der Waals surface area contributed by atoms with Gasteiger partial charge in [-0.25, -0.2) is 0 Å². The molecule has 0 aliphatic rings. The van der Waals surface area contributed by atoms with E-state index in [2.05, 4.69) is 26.0 Å². The summed E-state index contributed by atoms with van der Waals surface area (Å²) in [6.45, 7) is 6.10. The zero-order valence-electron chi connectivity index (χ0n) is 9.93. The second-order valence-corrected chi connectivity index (χ2v) is 4.02. The Bertz CT molecular complexity index is 113. The minimum atomic E-state index is 1.10. The van der Waals surface area contributed by atoms with Gasteiger partial charge >= 0.3 is 0 Å². The van der Waals surface area contributed by atoms with Crippen LogP contribution in [-0.2, 0) is 0 Å². The maximum absolute atomic E-state index is 3.85. The van der Waals surface area contributed by atoms with E-state index in [1.54, 1.807) is 0 Å². The van der Waals surface area contributed by atoms with Crippen LogP contribution in [0.3, 0.4) is 0 Å². The summed E-state index contributed by atoms with van der Waals surface area (Å²) in [4.78, 5) is 0. The molecule has 0 aliphatic heterocycles. The highest BCUT2D eigenvalue weighted by Gasteiger charge is 1.86. The van der Waals surface area contributed by atoms with Gasteiger partial charge in [-0.15, -0.1) is 0 Å². The van der Waals surface area contributed by atoms with Gasteiger partial charge in [-0.3, -0.25) is 0 Å². The standard InChI is InChI=1S/C14H27/c1-3-5-7-9-11-13-14-12-10-8-6-4-2/h12,14H,1,3-11,13H2,2H3/b14-12+. The summed E-state index contributed by atoms with van der Waals surface area (Å²) in [5.74, 6) is 0. The van der Waals surface area contributed by atoms with Gasteiger partial charge in [0.15, 0.2) is 0 Å². The summed E-state index contributed by atoms with van der Waals surface area (Å²) >= 11 is 0. The van der Waals surface area contributed by atoms with Crippen molar-refractivity contribution in [3.63, 3.8) is 0 Å². The lowest BCUT2D eigenvalue weighted by atomic mass is 10.1. The highest BCUT2D eigenvalue weighted by molar-refractivity contribution is 4.81. The highest BCUT2D eigenvalue weighted by Crippen LogP contribution is 2.06. The maximum Gasteiger partial charge on any atom is -0.0351 e. The molecule has 0 fully saturated rings. The fourth-order valence-electron chi connectivity index (χ4n) is 1.54. The molecule has 0 spiro atoms. The average molecular weight is 195 g/mol. The van der Waals surface area contributed by atoms with Gasteiger partial charge in [-0.05, 0) is 25.7 Å². The number of hydrogen-bond acceptors (Lipinski definition) is 0. The summed E-state index contributed by atoms with van der Waals surface area (Å²) in [5, 5.41) is 0. The Balaban J connectivity index is 2.96. The zero-order valence-corrected chi connectivity index (χ0v) is 9.93. The third-order valence-electron chi connectivity index (χ3n) is 2.51. The Hall–Kier alpha value is -0.260. The maximum atomic E-state index is 3.85. The average Bonchev–Trinajstić information content (AvgIpc) is 2.21. The molecule has 14 heavy (non-hydrogen) atoms. The van der Waals surface area contributed by atoms with Crippen molar-refractivity contribution >= 4 is 0 Å². The molecule has 0 saturated carbocycles. The van der Waals surface area contributed by atoms with Crippen molar-refractivity contribution in [1.82, 2.24) is 0 Å². The second kappa shape index (κ2) is 12.7. The van der Waals surface area contributed by atoms with Crippen molar-refractivity contribution in [3.8, 4) is 0 Å². The Morgan fingerprint density at radius 2 is 1.36 bits per heavy atom. The summed E-state index contributed by atoms with van der Waals surface area (Å²) in [7, 11) is 0. The van der Waals surface area contributed by atoms with Gasteiger partial charge in [0.25, 0.3) is 0 Å². The van der Waals surface area contributed by atoms with Crippen molar-refractivity contribution in [3.05, 3.63) is 19.1 Å². The molecule has 0 bridgehead atoms. The van der Waals surface area contributed by atoms with Crippen LogP contribution in [0.25, 0.3) is 0 Å². The lowest BCUT2D eigenvalue weighted by Crippen LogP contribution is -1.76. The van der Waals surface area contributed by atoms with Crippen LogP contribution in [0.2, 0.25) is 0 Å². The summed E-state index contributed by atoms with van der Waals surface area (Å²) in [5.41, 5.74) is 0. The molecule has 0 aromatic carbocycles. The molecule has 0 N–H and O–H groups in total. The first-order valence-corrected chi connectivity index (χ1v) is 6.36. The fourth-order valence-corrected chi connectivity index (χ4v) is 1.54. The molecule has 0 nitrogen and oxygen atoms in total. The van der Waals surface area contributed by atoms with Gasteiger partial charge in [0.05, 0.1) is 0 Å². The van der Waals surface area contributed by atoms with E-state index in [-0.39, 0.29) is 0 Å². The molecular formula is C14H27. The molecule has 1 radical (unpaired) electrons. The van der Waals surface area contributed by atoms with Crippen LogP contribution in [0.1, 0.15) is 71.1 Å². The Morgan fingerprint density at radius 1 is 0.786 bits per heavy atom. The minimum Gasteiger partial charge on any atom is -0.0885 e. The molecule has 0 aromatic heterocycles. The topological polar surface area (TPSA) is 0 Å². The first-order valence-electron chi connectivity index (χ1n) is 6.36. The lowest BCUT2D eigenvalue weighted by Gasteiger charge is -1.96. The molecule has 0 rings (SSSR count). The minimum absolute atomic E-state index is 1.10. The van der Waals surface area contributed by atoms with Crippen LogP contribution < -0.4 is 0 Å². The predicted octanol–water partition coefficient (Wildman–Crippen LogP) is 5.30. The van der Waals surface area contributed by atoms with E-state index < -0.39 is 0 Å². The van der Waals surface area contributed by atoms with Gasteiger partial charge in [-0.2, -0.15) is 0 Å². The van der Waals surface area contributed by atoms with Crippen LogP contribution in [-0.4, -0.2) is 0 Å². The van der Waals surface area contributed by atoms with Gasteiger partial charge < -0.3 is 0 Å². The van der Waals surface area contributed by atoms with E-state index in [9.17, 15) is 0 Å². The molecule has 0 unspecified atom stereocenters. The van der Waals surface area contributed by atoms with E-state index in [1.807, 2.05) is 0 Å². The first kappa shape index (κ1) is 13.7.